The number of hydrogen-bond acceptors (Lipinski definition) is 4. The van der Waals surface area contributed by atoms with Crippen molar-refractivity contribution in [3.05, 3.63) is 52.4 Å². The van der Waals surface area contributed by atoms with Gasteiger partial charge in [0.1, 0.15) is 5.75 Å². The van der Waals surface area contributed by atoms with Crippen molar-refractivity contribution < 1.29 is 4.74 Å². The van der Waals surface area contributed by atoms with Crippen LogP contribution < -0.4 is 15.6 Å². The number of anilines is 1. The largest absolute Gasteiger partial charge is 0.497 e. The van der Waals surface area contributed by atoms with Gasteiger partial charge in [-0.15, -0.1) is 0 Å². The van der Waals surface area contributed by atoms with Gasteiger partial charge in [0, 0.05) is 12.6 Å². The molecule has 2 aromatic rings. The molecule has 1 aromatic carbocycles. The fourth-order valence-electron chi connectivity index (χ4n) is 1.80. The van der Waals surface area contributed by atoms with Gasteiger partial charge in [0.15, 0.2) is 0 Å². The standard InChI is InChI=1S/C14H17N3O2/c1-3-15-12-8-14(18)17(16-9-12)10-11-5-4-6-13(7-11)19-2/h4-9,15H,3,10H2,1-2H3. The first-order valence-corrected chi connectivity index (χ1v) is 6.17. The molecule has 0 fully saturated rings. The summed E-state index contributed by atoms with van der Waals surface area (Å²) in [5.41, 5.74) is 1.60. The van der Waals surface area contributed by atoms with E-state index < -0.39 is 0 Å². The van der Waals surface area contributed by atoms with Crippen LogP contribution in [0.25, 0.3) is 0 Å². The lowest BCUT2D eigenvalue weighted by atomic mass is 10.2. The number of hydrogen-bond donors (Lipinski definition) is 1. The minimum atomic E-state index is -0.124. The molecule has 100 valence electrons. The van der Waals surface area contributed by atoms with Crippen molar-refractivity contribution in [3.8, 4) is 5.75 Å². The van der Waals surface area contributed by atoms with Crippen molar-refractivity contribution in [1.29, 1.82) is 0 Å². The summed E-state index contributed by atoms with van der Waals surface area (Å²) in [6.07, 6.45) is 1.66. The van der Waals surface area contributed by atoms with Crippen molar-refractivity contribution in [2.45, 2.75) is 13.5 Å². The Morgan fingerprint density at radius 3 is 2.89 bits per heavy atom. The second-order valence-corrected chi connectivity index (χ2v) is 4.12. The molecule has 0 aliphatic rings. The molecular formula is C14H17N3O2. The molecule has 0 unspecified atom stereocenters. The van der Waals surface area contributed by atoms with Crippen molar-refractivity contribution in [2.75, 3.05) is 19.0 Å². The number of aromatic nitrogens is 2. The van der Waals surface area contributed by atoms with Gasteiger partial charge in [-0.1, -0.05) is 12.1 Å². The van der Waals surface area contributed by atoms with Crippen molar-refractivity contribution in [3.63, 3.8) is 0 Å². The van der Waals surface area contributed by atoms with E-state index >= 15 is 0 Å². The van der Waals surface area contributed by atoms with Gasteiger partial charge >= 0.3 is 0 Å². The Labute approximate surface area is 111 Å². The quantitative estimate of drug-likeness (QED) is 0.888. The van der Waals surface area contributed by atoms with Crippen LogP contribution in [0.3, 0.4) is 0 Å². The summed E-state index contributed by atoms with van der Waals surface area (Å²) in [5.74, 6) is 0.773. The van der Waals surface area contributed by atoms with Crippen LogP contribution in [0, 0.1) is 0 Å². The van der Waals surface area contributed by atoms with E-state index in [1.165, 1.54) is 4.68 Å². The number of methoxy groups -OCH3 is 1. The molecule has 0 saturated heterocycles. The fraction of sp³-hybridized carbons (Fsp3) is 0.286. The number of nitrogens with zero attached hydrogens (tertiary/aromatic N) is 2. The lowest BCUT2D eigenvalue weighted by Gasteiger charge is -2.08. The third-order valence-corrected chi connectivity index (χ3v) is 2.72. The predicted octanol–water partition coefficient (Wildman–Crippen LogP) is 1.73. The van der Waals surface area contributed by atoms with E-state index in [9.17, 15) is 4.79 Å². The van der Waals surface area contributed by atoms with E-state index in [0.29, 0.717) is 6.54 Å². The molecule has 0 amide bonds. The Bertz CT molecular complexity index is 608. The highest BCUT2D eigenvalue weighted by atomic mass is 16.5. The smallest absolute Gasteiger partial charge is 0.269 e. The van der Waals surface area contributed by atoms with E-state index in [0.717, 1.165) is 23.5 Å². The lowest BCUT2D eigenvalue weighted by Crippen LogP contribution is -2.23. The van der Waals surface area contributed by atoms with Gasteiger partial charge in [-0.2, -0.15) is 5.10 Å². The zero-order chi connectivity index (χ0) is 13.7. The van der Waals surface area contributed by atoms with Gasteiger partial charge in [-0.3, -0.25) is 4.79 Å². The number of benzene rings is 1. The van der Waals surface area contributed by atoms with Crippen LogP contribution in [-0.4, -0.2) is 23.4 Å². The molecule has 5 nitrogen and oxygen atoms in total. The average Bonchev–Trinajstić information content (AvgIpc) is 2.42. The molecule has 0 spiro atoms. The highest BCUT2D eigenvalue weighted by Crippen LogP contribution is 2.12. The highest BCUT2D eigenvalue weighted by molar-refractivity contribution is 5.38. The molecule has 0 atom stereocenters. The molecule has 1 heterocycles. The van der Waals surface area contributed by atoms with Gasteiger partial charge in [-0.25, -0.2) is 4.68 Å². The molecular weight excluding hydrogens is 242 g/mol. The molecule has 1 N–H and O–H groups in total. The first kappa shape index (κ1) is 13.1. The molecule has 0 radical (unpaired) electrons. The number of rotatable bonds is 5. The fourth-order valence-corrected chi connectivity index (χ4v) is 1.80. The summed E-state index contributed by atoms with van der Waals surface area (Å²) in [5, 5.41) is 7.21. The summed E-state index contributed by atoms with van der Waals surface area (Å²) < 4.78 is 6.58. The molecule has 1 aromatic heterocycles. The zero-order valence-corrected chi connectivity index (χ0v) is 11.1. The van der Waals surface area contributed by atoms with Crippen molar-refractivity contribution >= 4 is 5.69 Å². The minimum Gasteiger partial charge on any atom is -0.497 e. The minimum absolute atomic E-state index is 0.124. The lowest BCUT2D eigenvalue weighted by molar-refractivity contribution is 0.414. The Morgan fingerprint density at radius 2 is 2.21 bits per heavy atom. The maximum absolute atomic E-state index is 11.9. The Morgan fingerprint density at radius 1 is 1.37 bits per heavy atom. The van der Waals surface area contributed by atoms with E-state index in [-0.39, 0.29) is 5.56 Å². The van der Waals surface area contributed by atoms with Crippen LogP contribution >= 0.6 is 0 Å². The predicted molar refractivity (Wildman–Crippen MR) is 74.8 cm³/mol. The van der Waals surface area contributed by atoms with E-state index in [2.05, 4.69) is 10.4 Å². The van der Waals surface area contributed by atoms with Gasteiger partial charge in [0.2, 0.25) is 0 Å². The van der Waals surface area contributed by atoms with Crippen LogP contribution in [0.15, 0.2) is 41.3 Å². The van der Waals surface area contributed by atoms with Gasteiger partial charge in [0.25, 0.3) is 5.56 Å². The van der Waals surface area contributed by atoms with E-state index in [4.69, 9.17) is 4.74 Å². The van der Waals surface area contributed by atoms with E-state index in [1.807, 2.05) is 31.2 Å². The summed E-state index contributed by atoms with van der Waals surface area (Å²) in [6.45, 7) is 3.17. The van der Waals surface area contributed by atoms with Crippen molar-refractivity contribution in [2.24, 2.45) is 0 Å². The molecule has 0 saturated carbocycles. The topological polar surface area (TPSA) is 56.1 Å². The van der Waals surface area contributed by atoms with Crippen LogP contribution in [0.1, 0.15) is 12.5 Å². The Hall–Kier alpha value is -2.30. The first-order valence-electron chi connectivity index (χ1n) is 6.17. The second-order valence-electron chi connectivity index (χ2n) is 4.12. The monoisotopic (exact) mass is 259 g/mol. The van der Waals surface area contributed by atoms with Crippen LogP contribution in [0.2, 0.25) is 0 Å². The average molecular weight is 259 g/mol. The Balaban J connectivity index is 2.21. The molecule has 2 rings (SSSR count). The van der Waals surface area contributed by atoms with E-state index in [1.54, 1.807) is 19.4 Å². The SMILES string of the molecule is CCNc1cnn(Cc2cccc(OC)c2)c(=O)c1. The molecule has 19 heavy (non-hydrogen) atoms. The maximum Gasteiger partial charge on any atom is 0.269 e. The third kappa shape index (κ3) is 3.34. The summed E-state index contributed by atoms with van der Waals surface area (Å²) in [6, 6.07) is 9.15. The molecule has 5 heteroatoms. The molecule has 0 bridgehead atoms. The Kier molecular flexibility index (Phi) is 4.18. The van der Waals surface area contributed by atoms with Gasteiger partial charge in [-0.05, 0) is 24.6 Å². The third-order valence-electron chi connectivity index (χ3n) is 2.72. The summed E-state index contributed by atoms with van der Waals surface area (Å²) >= 11 is 0. The number of nitrogens with one attached hydrogen (secondary N) is 1. The van der Waals surface area contributed by atoms with Gasteiger partial charge < -0.3 is 10.1 Å². The van der Waals surface area contributed by atoms with Crippen LogP contribution in [0.5, 0.6) is 5.75 Å². The maximum atomic E-state index is 11.9. The van der Waals surface area contributed by atoms with Crippen LogP contribution in [-0.2, 0) is 6.54 Å². The normalized spacial score (nSPS) is 10.2. The van der Waals surface area contributed by atoms with Crippen LogP contribution in [0.4, 0.5) is 5.69 Å². The summed E-state index contributed by atoms with van der Waals surface area (Å²) in [4.78, 5) is 11.9. The molecule has 0 aliphatic carbocycles. The number of ether oxygens (including phenoxy) is 1. The zero-order valence-electron chi connectivity index (χ0n) is 11.1. The second kappa shape index (κ2) is 6.04. The molecule has 0 aliphatic heterocycles. The van der Waals surface area contributed by atoms with Gasteiger partial charge in [0.05, 0.1) is 25.5 Å². The van der Waals surface area contributed by atoms with Crippen molar-refractivity contribution in [1.82, 2.24) is 9.78 Å². The highest BCUT2D eigenvalue weighted by Gasteiger charge is 2.02. The first-order chi connectivity index (χ1) is 9.22. The summed E-state index contributed by atoms with van der Waals surface area (Å²) in [7, 11) is 1.62.